The Labute approximate surface area is 324 Å². The third kappa shape index (κ3) is 4.64. The highest BCUT2D eigenvalue weighted by atomic mass is 16.1. The van der Waals surface area contributed by atoms with Crippen LogP contribution in [0.1, 0.15) is 0 Å². The molecule has 0 saturated heterocycles. The van der Waals surface area contributed by atoms with Gasteiger partial charge in [0.05, 0.1) is 39.0 Å². The monoisotopic (exact) mass is 731 g/mol. The molecule has 0 amide bonds. The summed E-state index contributed by atoms with van der Waals surface area (Å²) in [5, 5.41) is 7.39. The summed E-state index contributed by atoms with van der Waals surface area (Å²) >= 11 is 0. The summed E-state index contributed by atoms with van der Waals surface area (Å²) in [7, 11) is 0. The van der Waals surface area contributed by atoms with E-state index in [-0.39, 0.29) is 5.56 Å². The number of aromatic amines is 1. The maximum Gasteiger partial charge on any atom is 0.257 e. The smallest absolute Gasteiger partial charge is 0.257 e. The van der Waals surface area contributed by atoms with Crippen LogP contribution < -0.4 is 5.56 Å². The Kier molecular flexibility index (Phi) is 6.62. The minimum absolute atomic E-state index is 0.177. The number of fused-ring (bicyclic) bond motifs is 10. The van der Waals surface area contributed by atoms with Gasteiger partial charge in [-0.05, 0) is 41.8 Å². The molecule has 0 radical (unpaired) electrons. The van der Waals surface area contributed by atoms with Crippen molar-refractivity contribution >= 4 is 76.3 Å². The zero-order valence-corrected chi connectivity index (χ0v) is 30.3. The van der Waals surface area contributed by atoms with E-state index in [0.717, 1.165) is 87.8 Å². The minimum Gasteiger partial charge on any atom is -0.307 e. The number of aromatic nitrogens is 7. The second-order valence-corrected chi connectivity index (χ2v) is 14.3. The highest BCUT2D eigenvalue weighted by Gasteiger charge is 2.24. The first-order valence-corrected chi connectivity index (χ1v) is 18.9. The molecule has 0 aliphatic heterocycles. The van der Waals surface area contributed by atoms with Crippen LogP contribution in [-0.2, 0) is 0 Å². The fraction of sp³-hybridized carbons (Fsp3) is 0. The molecule has 0 saturated carbocycles. The molecule has 0 fully saturated rings. The maximum absolute atomic E-state index is 13.9. The number of benzene rings is 7. The Morgan fingerprint density at radius 2 is 0.877 bits per heavy atom. The Balaban J connectivity index is 1.25. The predicted octanol–water partition coefficient (Wildman–Crippen LogP) is 10.9. The van der Waals surface area contributed by atoms with Crippen LogP contribution in [0.2, 0.25) is 0 Å². The van der Waals surface area contributed by atoms with E-state index in [1.165, 1.54) is 0 Å². The van der Waals surface area contributed by atoms with Crippen molar-refractivity contribution in [2.24, 2.45) is 0 Å². The lowest BCUT2D eigenvalue weighted by atomic mass is 10.0. The summed E-state index contributed by atoms with van der Waals surface area (Å²) in [6, 6.07) is 57.3. The van der Waals surface area contributed by atoms with Crippen molar-refractivity contribution in [3.8, 4) is 34.4 Å². The summed E-state index contributed by atoms with van der Waals surface area (Å²) in [6.45, 7) is 0. The van der Waals surface area contributed by atoms with E-state index in [1.807, 2.05) is 102 Å². The molecule has 5 aromatic heterocycles. The summed E-state index contributed by atoms with van der Waals surface area (Å²) in [6.07, 6.45) is 0. The van der Waals surface area contributed by atoms with Crippen LogP contribution in [0.25, 0.3) is 111 Å². The van der Waals surface area contributed by atoms with Crippen LogP contribution in [0.3, 0.4) is 0 Å². The standard InChI is InChI=1S/C49H29N7O/c57-47-33-21-8-7-20-32(33)43-37-27-36-31-19-11-14-26-40(31)55(48-50-38-24-12-9-22-34(38)44(52-48)29-15-3-1-4-16-29)41(36)28-42(37)56(46(43)54-47)49-51-39-25-13-10-23-35(39)45(53-49)30-17-5-2-6-18-30/h1-28H,(H,54,57). The summed E-state index contributed by atoms with van der Waals surface area (Å²) in [5.41, 5.74) is 8.49. The predicted molar refractivity (Wildman–Crippen MR) is 230 cm³/mol. The largest absolute Gasteiger partial charge is 0.307 e. The molecular formula is C49H29N7O. The normalized spacial score (nSPS) is 11.9. The number of hydrogen-bond donors (Lipinski definition) is 1. The summed E-state index contributed by atoms with van der Waals surface area (Å²) in [4.78, 5) is 38.2. The highest BCUT2D eigenvalue weighted by Crippen LogP contribution is 2.41. The lowest BCUT2D eigenvalue weighted by Gasteiger charge is -2.13. The lowest BCUT2D eigenvalue weighted by molar-refractivity contribution is 0.993. The van der Waals surface area contributed by atoms with Gasteiger partial charge in [0.1, 0.15) is 5.65 Å². The molecule has 0 unspecified atom stereocenters. The number of rotatable bonds is 4. The summed E-state index contributed by atoms with van der Waals surface area (Å²) < 4.78 is 4.16. The first-order chi connectivity index (χ1) is 28.2. The first-order valence-electron chi connectivity index (χ1n) is 18.9. The van der Waals surface area contributed by atoms with E-state index in [0.29, 0.717) is 22.9 Å². The SMILES string of the molecule is O=c1[nH]c2c(c3ccccc13)c1cc3c4ccccc4n(-c4nc(-c5ccccc5)c5ccccc5n4)c3cc1n2-c1nc(-c2ccccc2)c2ccccc2n1. The molecule has 8 heteroatoms. The average molecular weight is 732 g/mol. The Morgan fingerprint density at radius 3 is 1.51 bits per heavy atom. The van der Waals surface area contributed by atoms with Crippen molar-refractivity contribution in [3.05, 3.63) is 180 Å². The number of nitrogens with zero attached hydrogens (tertiary/aromatic N) is 6. The quantitative estimate of drug-likeness (QED) is 0.194. The van der Waals surface area contributed by atoms with Gasteiger partial charge in [-0.3, -0.25) is 13.9 Å². The van der Waals surface area contributed by atoms with Crippen LogP contribution in [0, 0.1) is 0 Å². The Hall–Kier alpha value is -7.97. The molecule has 5 heterocycles. The van der Waals surface area contributed by atoms with Gasteiger partial charge >= 0.3 is 0 Å². The second-order valence-electron chi connectivity index (χ2n) is 14.3. The number of hydrogen-bond acceptors (Lipinski definition) is 5. The van der Waals surface area contributed by atoms with Crippen molar-refractivity contribution in [1.82, 2.24) is 34.1 Å². The number of H-pyrrole nitrogens is 1. The van der Waals surface area contributed by atoms with Gasteiger partial charge in [0.25, 0.3) is 5.56 Å². The molecule has 266 valence electrons. The van der Waals surface area contributed by atoms with Crippen LogP contribution in [0.5, 0.6) is 0 Å². The fourth-order valence-electron chi connectivity index (χ4n) is 8.60. The molecule has 57 heavy (non-hydrogen) atoms. The van der Waals surface area contributed by atoms with E-state index < -0.39 is 0 Å². The van der Waals surface area contributed by atoms with Gasteiger partial charge < -0.3 is 4.98 Å². The Morgan fingerprint density at radius 1 is 0.386 bits per heavy atom. The molecule has 8 nitrogen and oxygen atoms in total. The fourth-order valence-corrected chi connectivity index (χ4v) is 8.60. The van der Waals surface area contributed by atoms with Crippen LogP contribution >= 0.6 is 0 Å². The second kappa shape index (κ2) is 12.0. The molecule has 0 aliphatic carbocycles. The molecule has 7 aromatic carbocycles. The molecule has 0 bridgehead atoms. The van der Waals surface area contributed by atoms with E-state index in [2.05, 4.69) is 82.3 Å². The van der Waals surface area contributed by atoms with Crippen molar-refractivity contribution in [1.29, 1.82) is 0 Å². The maximum atomic E-state index is 13.9. The number of para-hydroxylation sites is 3. The van der Waals surface area contributed by atoms with Gasteiger partial charge in [-0.15, -0.1) is 0 Å². The van der Waals surface area contributed by atoms with Gasteiger partial charge in [0.15, 0.2) is 0 Å². The van der Waals surface area contributed by atoms with Crippen LogP contribution in [-0.4, -0.2) is 34.1 Å². The Bertz CT molecular complexity index is 3660. The zero-order chi connectivity index (χ0) is 37.6. The molecule has 0 spiro atoms. The van der Waals surface area contributed by atoms with Gasteiger partial charge in [-0.1, -0.05) is 133 Å². The van der Waals surface area contributed by atoms with E-state index in [1.54, 1.807) is 0 Å². The minimum atomic E-state index is -0.177. The first kappa shape index (κ1) is 31.4. The lowest BCUT2D eigenvalue weighted by Crippen LogP contribution is -2.10. The molecule has 1 N–H and O–H groups in total. The van der Waals surface area contributed by atoms with Gasteiger partial charge in [-0.25, -0.2) is 19.9 Å². The average Bonchev–Trinajstić information content (AvgIpc) is 3.77. The number of nitrogens with one attached hydrogen (secondary N) is 1. The third-order valence-corrected chi connectivity index (χ3v) is 11.1. The van der Waals surface area contributed by atoms with Crippen molar-refractivity contribution in [2.75, 3.05) is 0 Å². The van der Waals surface area contributed by atoms with Gasteiger partial charge in [0.2, 0.25) is 11.9 Å². The third-order valence-electron chi connectivity index (χ3n) is 11.1. The molecule has 0 atom stereocenters. The molecule has 12 aromatic rings. The van der Waals surface area contributed by atoms with E-state index in [9.17, 15) is 4.79 Å². The van der Waals surface area contributed by atoms with Crippen molar-refractivity contribution in [3.63, 3.8) is 0 Å². The van der Waals surface area contributed by atoms with Crippen LogP contribution in [0.15, 0.2) is 175 Å². The molecule has 0 aliphatic rings. The van der Waals surface area contributed by atoms with Gasteiger partial charge in [-0.2, -0.15) is 0 Å². The van der Waals surface area contributed by atoms with Crippen LogP contribution in [0.4, 0.5) is 0 Å². The van der Waals surface area contributed by atoms with Gasteiger partial charge in [0, 0.05) is 48.8 Å². The van der Waals surface area contributed by atoms with Crippen molar-refractivity contribution < 1.29 is 0 Å². The topological polar surface area (TPSA) is 94.3 Å². The van der Waals surface area contributed by atoms with Crippen molar-refractivity contribution in [2.45, 2.75) is 0 Å². The zero-order valence-electron chi connectivity index (χ0n) is 30.3. The summed E-state index contributed by atoms with van der Waals surface area (Å²) in [5.74, 6) is 1.02. The highest BCUT2D eigenvalue weighted by molar-refractivity contribution is 6.24. The molecular weight excluding hydrogens is 703 g/mol. The van der Waals surface area contributed by atoms with E-state index in [4.69, 9.17) is 19.9 Å². The van der Waals surface area contributed by atoms with E-state index >= 15 is 0 Å². The molecule has 12 rings (SSSR count). The number of pyridine rings is 1.